The third-order valence-electron chi connectivity index (χ3n) is 3.20. The van der Waals surface area contributed by atoms with Gasteiger partial charge in [0.15, 0.2) is 0 Å². The van der Waals surface area contributed by atoms with Crippen LogP contribution in [0.15, 0.2) is 22.8 Å². The molecule has 2 atom stereocenters. The summed E-state index contributed by atoms with van der Waals surface area (Å²) in [5, 5.41) is 12.4. The number of nitrogens with one attached hydrogen (secondary N) is 1. The van der Waals surface area contributed by atoms with Crippen LogP contribution in [0.2, 0.25) is 0 Å². The van der Waals surface area contributed by atoms with Gasteiger partial charge in [-0.2, -0.15) is 0 Å². The lowest BCUT2D eigenvalue weighted by Crippen LogP contribution is -2.55. The molecule has 0 spiro atoms. The Morgan fingerprint density at radius 3 is 3.19 bits per heavy atom. The number of furan rings is 1. The smallest absolute Gasteiger partial charge is 0.117 e. The Balaban J connectivity index is 1.91. The van der Waals surface area contributed by atoms with Crippen LogP contribution in [0.25, 0.3) is 0 Å². The van der Waals surface area contributed by atoms with Gasteiger partial charge in [-0.25, -0.2) is 0 Å². The minimum atomic E-state index is 0.251. The summed E-state index contributed by atoms with van der Waals surface area (Å²) in [7, 11) is 0. The van der Waals surface area contributed by atoms with Crippen LogP contribution >= 0.6 is 0 Å². The van der Waals surface area contributed by atoms with Crippen LogP contribution in [-0.4, -0.2) is 41.8 Å². The van der Waals surface area contributed by atoms with Crippen LogP contribution in [0.1, 0.15) is 19.1 Å². The maximum atomic E-state index is 8.95. The molecule has 1 aromatic heterocycles. The van der Waals surface area contributed by atoms with Crippen molar-refractivity contribution >= 4 is 0 Å². The van der Waals surface area contributed by atoms with Crippen molar-refractivity contribution in [2.75, 3.05) is 19.7 Å². The molecule has 0 aromatic carbocycles. The summed E-state index contributed by atoms with van der Waals surface area (Å²) in [4.78, 5) is 2.40. The second kappa shape index (κ2) is 5.48. The fourth-order valence-corrected chi connectivity index (χ4v) is 2.17. The van der Waals surface area contributed by atoms with E-state index in [0.29, 0.717) is 12.1 Å². The molecule has 2 unspecified atom stereocenters. The van der Waals surface area contributed by atoms with E-state index in [1.165, 1.54) is 0 Å². The Hall–Kier alpha value is -0.840. The van der Waals surface area contributed by atoms with Crippen molar-refractivity contribution in [2.24, 2.45) is 0 Å². The van der Waals surface area contributed by atoms with E-state index in [1.54, 1.807) is 6.26 Å². The quantitative estimate of drug-likeness (QED) is 0.795. The van der Waals surface area contributed by atoms with Crippen molar-refractivity contribution in [3.8, 4) is 0 Å². The van der Waals surface area contributed by atoms with Gasteiger partial charge in [-0.3, -0.25) is 4.90 Å². The van der Waals surface area contributed by atoms with Crippen molar-refractivity contribution in [3.05, 3.63) is 24.2 Å². The lowest BCUT2D eigenvalue weighted by atomic mass is 10.1. The predicted molar refractivity (Wildman–Crippen MR) is 62.1 cm³/mol. The average molecular weight is 224 g/mol. The number of rotatable bonds is 4. The monoisotopic (exact) mass is 224 g/mol. The summed E-state index contributed by atoms with van der Waals surface area (Å²) in [6.07, 6.45) is 2.54. The molecule has 4 nitrogen and oxygen atoms in total. The zero-order chi connectivity index (χ0) is 11.4. The third-order valence-corrected chi connectivity index (χ3v) is 3.20. The van der Waals surface area contributed by atoms with Gasteiger partial charge in [0.1, 0.15) is 5.76 Å². The zero-order valence-electron chi connectivity index (χ0n) is 9.72. The number of nitrogens with zero attached hydrogens (tertiary/aromatic N) is 1. The van der Waals surface area contributed by atoms with E-state index in [1.807, 2.05) is 12.1 Å². The van der Waals surface area contributed by atoms with E-state index in [9.17, 15) is 0 Å². The summed E-state index contributed by atoms with van der Waals surface area (Å²) < 4.78 is 5.37. The normalized spacial score (nSPS) is 27.1. The zero-order valence-corrected chi connectivity index (χ0v) is 9.72. The molecule has 90 valence electrons. The molecule has 0 radical (unpaired) electrons. The van der Waals surface area contributed by atoms with E-state index >= 15 is 0 Å². The minimum Gasteiger partial charge on any atom is -0.468 e. The molecule has 4 heteroatoms. The van der Waals surface area contributed by atoms with Crippen molar-refractivity contribution in [1.82, 2.24) is 10.2 Å². The molecule has 1 saturated heterocycles. The average Bonchev–Trinajstić information content (AvgIpc) is 2.76. The van der Waals surface area contributed by atoms with Crippen molar-refractivity contribution in [1.29, 1.82) is 0 Å². The van der Waals surface area contributed by atoms with Crippen LogP contribution in [0.4, 0.5) is 0 Å². The number of aliphatic hydroxyl groups excluding tert-OH is 1. The molecule has 16 heavy (non-hydrogen) atoms. The van der Waals surface area contributed by atoms with Gasteiger partial charge >= 0.3 is 0 Å². The molecule has 0 bridgehead atoms. The fourth-order valence-electron chi connectivity index (χ4n) is 2.17. The summed E-state index contributed by atoms with van der Waals surface area (Å²) in [5.41, 5.74) is 0. The van der Waals surface area contributed by atoms with Gasteiger partial charge in [0.25, 0.3) is 0 Å². The first-order valence-electron chi connectivity index (χ1n) is 5.90. The molecule has 1 aliphatic heterocycles. The van der Waals surface area contributed by atoms with Crippen molar-refractivity contribution in [2.45, 2.75) is 32.0 Å². The molecule has 1 aromatic rings. The van der Waals surface area contributed by atoms with E-state index < -0.39 is 0 Å². The molecule has 2 N–H and O–H groups in total. The predicted octanol–water partition coefficient (Wildman–Crippen LogP) is 0.824. The summed E-state index contributed by atoms with van der Waals surface area (Å²) in [6, 6.07) is 4.85. The largest absolute Gasteiger partial charge is 0.468 e. The van der Waals surface area contributed by atoms with Crippen LogP contribution in [0.5, 0.6) is 0 Å². The Bertz CT molecular complexity index is 300. The SMILES string of the molecule is CC1CNC(CCO)CN1Cc1ccco1. The lowest BCUT2D eigenvalue weighted by Gasteiger charge is -2.38. The highest BCUT2D eigenvalue weighted by Crippen LogP contribution is 2.13. The van der Waals surface area contributed by atoms with Crippen LogP contribution in [0, 0.1) is 0 Å². The fraction of sp³-hybridized carbons (Fsp3) is 0.667. The Kier molecular flexibility index (Phi) is 3.98. The first-order chi connectivity index (χ1) is 7.79. The molecule has 1 aliphatic rings. The van der Waals surface area contributed by atoms with Gasteiger partial charge in [-0.1, -0.05) is 0 Å². The Labute approximate surface area is 96.2 Å². The van der Waals surface area contributed by atoms with E-state index in [-0.39, 0.29) is 6.61 Å². The lowest BCUT2D eigenvalue weighted by molar-refractivity contribution is 0.112. The van der Waals surface area contributed by atoms with Crippen LogP contribution in [0.3, 0.4) is 0 Å². The number of piperazine rings is 1. The van der Waals surface area contributed by atoms with E-state index in [2.05, 4.69) is 17.1 Å². The Morgan fingerprint density at radius 1 is 1.62 bits per heavy atom. The second-order valence-electron chi connectivity index (χ2n) is 4.48. The molecule has 0 saturated carbocycles. The van der Waals surface area contributed by atoms with Crippen molar-refractivity contribution in [3.63, 3.8) is 0 Å². The first-order valence-corrected chi connectivity index (χ1v) is 5.90. The second-order valence-corrected chi connectivity index (χ2v) is 4.48. The van der Waals surface area contributed by atoms with Gasteiger partial charge in [-0.15, -0.1) is 0 Å². The minimum absolute atomic E-state index is 0.251. The number of aliphatic hydroxyl groups is 1. The highest BCUT2D eigenvalue weighted by molar-refractivity contribution is 4.99. The standard InChI is InChI=1S/C12H20N2O2/c1-10-7-13-11(4-5-15)8-14(10)9-12-3-2-6-16-12/h2-3,6,10-11,13,15H,4-5,7-9H2,1H3. The van der Waals surface area contributed by atoms with Crippen LogP contribution in [-0.2, 0) is 6.54 Å². The molecule has 0 aliphatic carbocycles. The molecule has 2 heterocycles. The molecular formula is C12H20N2O2. The third kappa shape index (κ3) is 2.84. The first kappa shape index (κ1) is 11.6. The maximum Gasteiger partial charge on any atom is 0.117 e. The Morgan fingerprint density at radius 2 is 2.50 bits per heavy atom. The summed E-state index contributed by atoms with van der Waals surface area (Å²) in [5.74, 6) is 1.01. The summed E-state index contributed by atoms with van der Waals surface area (Å²) >= 11 is 0. The highest BCUT2D eigenvalue weighted by atomic mass is 16.3. The van der Waals surface area contributed by atoms with E-state index in [0.717, 1.165) is 31.8 Å². The summed E-state index contributed by atoms with van der Waals surface area (Å²) in [6.45, 7) is 5.28. The van der Waals surface area contributed by atoms with Crippen molar-refractivity contribution < 1.29 is 9.52 Å². The van der Waals surface area contributed by atoms with Gasteiger partial charge in [0.05, 0.1) is 12.8 Å². The molecule has 2 rings (SSSR count). The van der Waals surface area contributed by atoms with E-state index in [4.69, 9.17) is 9.52 Å². The van der Waals surface area contributed by atoms with Gasteiger partial charge in [0, 0.05) is 31.8 Å². The number of hydrogen-bond acceptors (Lipinski definition) is 4. The topological polar surface area (TPSA) is 48.6 Å². The number of hydrogen-bond donors (Lipinski definition) is 2. The molecular weight excluding hydrogens is 204 g/mol. The molecule has 0 amide bonds. The highest BCUT2D eigenvalue weighted by Gasteiger charge is 2.24. The molecule has 1 fully saturated rings. The van der Waals surface area contributed by atoms with Crippen LogP contribution < -0.4 is 5.32 Å². The van der Waals surface area contributed by atoms with Gasteiger partial charge in [-0.05, 0) is 25.5 Å². The van der Waals surface area contributed by atoms with Gasteiger partial charge < -0.3 is 14.8 Å². The maximum absolute atomic E-state index is 8.95. The van der Waals surface area contributed by atoms with Gasteiger partial charge in [0.2, 0.25) is 0 Å².